The molecular formula is C15H22ClFN2O2. The quantitative estimate of drug-likeness (QED) is 0.834. The first-order chi connectivity index (χ1) is 9.61. The standard InChI is InChI=1S/C15H21FN2O2.ClH/c1-20-10-14(17)15(19)18(13-6-7-13)9-8-11-2-4-12(16)5-3-11;/h2-5,13-14H,6-10,17H2,1H3;1H. The molecule has 1 aromatic carbocycles. The van der Waals surface area contributed by atoms with Gasteiger partial charge < -0.3 is 15.4 Å². The van der Waals surface area contributed by atoms with Crippen LogP contribution < -0.4 is 5.73 Å². The molecule has 0 heterocycles. The number of benzene rings is 1. The molecule has 1 saturated carbocycles. The van der Waals surface area contributed by atoms with Gasteiger partial charge in [0.1, 0.15) is 11.9 Å². The lowest BCUT2D eigenvalue weighted by Crippen LogP contribution is -2.47. The van der Waals surface area contributed by atoms with Crippen LogP contribution in [-0.4, -0.2) is 43.2 Å². The number of ether oxygens (including phenoxy) is 1. The number of methoxy groups -OCH3 is 1. The van der Waals surface area contributed by atoms with E-state index in [0.29, 0.717) is 19.0 Å². The molecule has 1 aliphatic rings. The van der Waals surface area contributed by atoms with Gasteiger partial charge in [0.25, 0.3) is 0 Å². The number of nitrogens with zero attached hydrogens (tertiary/aromatic N) is 1. The molecule has 0 radical (unpaired) electrons. The third-order valence-electron chi connectivity index (χ3n) is 3.49. The van der Waals surface area contributed by atoms with E-state index in [0.717, 1.165) is 18.4 Å². The summed E-state index contributed by atoms with van der Waals surface area (Å²) in [4.78, 5) is 14.1. The monoisotopic (exact) mass is 316 g/mol. The summed E-state index contributed by atoms with van der Waals surface area (Å²) >= 11 is 0. The van der Waals surface area contributed by atoms with Gasteiger partial charge >= 0.3 is 0 Å². The SMILES string of the molecule is COCC(N)C(=O)N(CCc1ccc(F)cc1)C1CC1.Cl. The Morgan fingerprint density at radius 3 is 2.57 bits per heavy atom. The molecule has 0 spiro atoms. The normalized spacial score (nSPS) is 15.2. The third kappa shape index (κ3) is 5.26. The van der Waals surface area contributed by atoms with Gasteiger partial charge in [0.2, 0.25) is 5.91 Å². The van der Waals surface area contributed by atoms with Crippen molar-refractivity contribution in [1.82, 2.24) is 4.90 Å². The van der Waals surface area contributed by atoms with Gasteiger partial charge in [-0.05, 0) is 37.0 Å². The minimum absolute atomic E-state index is 0. The van der Waals surface area contributed by atoms with Crippen molar-refractivity contribution in [3.05, 3.63) is 35.6 Å². The van der Waals surface area contributed by atoms with E-state index in [1.165, 1.54) is 19.2 Å². The van der Waals surface area contributed by atoms with Crippen LogP contribution in [0.5, 0.6) is 0 Å². The number of carbonyl (C=O) groups excluding carboxylic acids is 1. The number of hydrogen-bond acceptors (Lipinski definition) is 3. The highest BCUT2D eigenvalue weighted by atomic mass is 35.5. The first-order valence-corrected chi connectivity index (χ1v) is 6.91. The van der Waals surface area contributed by atoms with E-state index in [2.05, 4.69) is 0 Å². The minimum atomic E-state index is -0.603. The molecule has 0 saturated heterocycles. The van der Waals surface area contributed by atoms with E-state index < -0.39 is 6.04 Å². The number of amides is 1. The van der Waals surface area contributed by atoms with E-state index in [-0.39, 0.29) is 30.7 Å². The van der Waals surface area contributed by atoms with Crippen molar-refractivity contribution in [2.24, 2.45) is 5.73 Å². The molecule has 0 aromatic heterocycles. The molecule has 0 bridgehead atoms. The minimum Gasteiger partial charge on any atom is -0.383 e. The van der Waals surface area contributed by atoms with Crippen LogP contribution in [0.1, 0.15) is 18.4 Å². The van der Waals surface area contributed by atoms with Gasteiger partial charge in [0, 0.05) is 19.7 Å². The summed E-state index contributed by atoms with van der Waals surface area (Å²) in [5.74, 6) is -0.303. The topological polar surface area (TPSA) is 55.6 Å². The molecule has 0 aliphatic heterocycles. The maximum Gasteiger partial charge on any atom is 0.242 e. The molecule has 2 N–H and O–H groups in total. The highest BCUT2D eigenvalue weighted by Crippen LogP contribution is 2.27. The van der Waals surface area contributed by atoms with Gasteiger partial charge in [0.15, 0.2) is 0 Å². The smallest absolute Gasteiger partial charge is 0.242 e. The van der Waals surface area contributed by atoms with E-state index >= 15 is 0 Å². The third-order valence-corrected chi connectivity index (χ3v) is 3.49. The first-order valence-electron chi connectivity index (χ1n) is 6.91. The van der Waals surface area contributed by atoms with Gasteiger partial charge in [-0.1, -0.05) is 12.1 Å². The fourth-order valence-corrected chi connectivity index (χ4v) is 2.22. The molecule has 1 aliphatic carbocycles. The van der Waals surface area contributed by atoms with Crippen LogP contribution in [0.2, 0.25) is 0 Å². The average Bonchev–Trinajstić information content (AvgIpc) is 3.26. The highest BCUT2D eigenvalue weighted by Gasteiger charge is 2.34. The number of nitrogens with two attached hydrogens (primary N) is 1. The Hall–Kier alpha value is -1.17. The van der Waals surface area contributed by atoms with E-state index in [4.69, 9.17) is 10.5 Å². The summed E-state index contributed by atoms with van der Waals surface area (Å²) in [6.45, 7) is 0.852. The largest absolute Gasteiger partial charge is 0.383 e. The first kappa shape index (κ1) is 17.9. The van der Waals surface area contributed by atoms with Crippen molar-refractivity contribution in [2.45, 2.75) is 31.3 Å². The predicted octanol–water partition coefficient (Wildman–Crippen LogP) is 1.75. The predicted molar refractivity (Wildman–Crippen MR) is 81.9 cm³/mol. The maximum atomic E-state index is 12.8. The summed E-state index contributed by atoms with van der Waals surface area (Å²) in [5.41, 5.74) is 6.84. The Labute approximate surface area is 130 Å². The van der Waals surface area contributed by atoms with Crippen molar-refractivity contribution < 1.29 is 13.9 Å². The highest BCUT2D eigenvalue weighted by molar-refractivity contribution is 5.85. The number of rotatable bonds is 7. The lowest BCUT2D eigenvalue weighted by molar-refractivity contribution is -0.134. The Bertz CT molecular complexity index is 451. The molecule has 1 unspecified atom stereocenters. The number of hydrogen-bond donors (Lipinski definition) is 1. The van der Waals surface area contributed by atoms with Crippen LogP contribution in [0, 0.1) is 5.82 Å². The second kappa shape index (κ2) is 8.32. The van der Waals surface area contributed by atoms with Crippen LogP contribution in [-0.2, 0) is 16.0 Å². The lowest BCUT2D eigenvalue weighted by atomic mass is 10.1. The summed E-state index contributed by atoms with van der Waals surface area (Å²) in [5, 5.41) is 0. The van der Waals surface area contributed by atoms with Gasteiger partial charge in [-0.15, -0.1) is 12.4 Å². The molecule has 1 fully saturated rings. The van der Waals surface area contributed by atoms with Gasteiger partial charge in [0.05, 0.1) is 6.61 Å². The summed E-state index contributed by atoms with van der Waals surface area (Å²) < 4.78 is 17.8. The van der Waals surface area contributed by atoms with E-state index in [1.54, 1.807) is 12.1 Å². The second-order valence-corrected chi connectivity index (χ2v) is 5.20. The van der Waals surface area contributed by atoms with E-state index in [9.17, 15) is 9.18 Å². The van der Waals surface area contributed by atoms with Gasteiger partial charge in [-0.3, -0.25) is 4.79 Å². The van der Waals surface area contributed by atoms with Crippen LogP contribution in [0.15, 0.2) is 24.3 Å². The summed E-state index contributed by atoms with van der Waals surface area (Å²) in [6, 6.07) is 6.09. The summed E-state index contributed by atoms with van der Waals surface area (Å²) in [6.07, 6.45) is 2.78. The van der Waals surface area contributed by atoms with Crippen LogP contribution in [0.3, 0.4) is 0 Å². The molecule has 6 heteroatoms. The van der Waals surface area contributed by atoms with E-state index in [1.807, 2.05) is 4.90 Å². The fraction of sp³-hybridized carbons (Fsp3) is 0.533. The fourth-order valence-electron chi connectivity index (χ4n) is 2.22. The Balaban J connectivity index is 0.00000220. The zero-order valence-corrected chi connectivity index (χ0v) is 12.9. The zero-order chi connectivity index (χ0) is 14.5. The van der Waals surface area contributed by atoms with Crippen LogP contribution >= 0.6 is 12.4 Å². The van der Waals surface area contributed by atoms with Crippen LogP contribution in [0.4, 0.5) is 4.39 Å². The molecule has 4 nitrogen and oxygen atoms in total. The molecule has 1 amide bonds. The summed E-state index contributed by atoms with van der Waals surface area (Å²) in [7, 11) is 1.53. The van der Waals surface area contributed by atoms with Gasteiger partial charge in [-0.2, -0.15) is 0 Å². The number of carbonyl (C=O) groups is 1. The second-order valence-electron chi connectivity index (χ2n) is 5.20. The van der Waals surface area contributed by atoms with Crippen molar-refractivity contribution >= 4 is 18.3 Å². The Kier molecular flexibility index (Phi) is 7.08. The van der Waals surface area contributed by atoms with Crippen molar-refractivity contribution in [1.29, 1.82) is 0 Å². The van der Waals surface area contributed by atoms with Crippen molar-refractivity contribution in [2.75, 3.05) is 20.3 Å². The van der Waals surface area contributed by atoms with Crippen molar-refractivity contribution in [3.8, 4) is 0 Å². The molecule has 1 atom stereocenters. The molecule has 21 heavy (non-hydrogen) atoms. The van der Waals surface area contributed by atoms with Crippen molar-refractivity contribution in [3.63, 3.8) is 0 Å². The molecule has 1 aromatic rings. The zero-order valence-electron chi connectivity index (χ0n) is 12.1. The Morgan fingerprint density at radius 2 is 2.05 bits per heavy atom. The van der Waals surface area contributed by atoms with Gasteiger partial charge in [-0.25, -0.2) is 4.39 Å². The maximum absolute atomic E-state index is 12.8. The lowest BCUT2D eigenvalue weighted by Gasteiger charge is -2.25. The average molecular weight is 317 g/mol. The Morgan fingerprint density at radius 1 is 1.43 bits per heavy atom. The number of halogens is 2. The van der Waals surface area contributed by atoms with Crippen LogP contribution in [0.25, 0.3) is 0 Å². The molecular weight excluding hydrogens is 295 g/mol. The molecule has 2 rings (SSSR count). The molecule has 118 valence electrons.